The molecule has 1 aromatic rings. The third-order valence-electron chi connectivity index (χ3n) is 2.13. The van der Waals surface area contributed by atoms with E-state index in [0.717, 1.165) is 6.07 Å². The van der Waals surface area contributed by atoms with E-state index in [1.165, 1.54) is 19.2 Å². The van der Waals surface area contributed by atoms with Gasteiger partial charge >= 0.3 is 5.97 Å². The number of carbonyl (C=O) groups is 2. The Morgan fingerprint density at radius 1 is 1.56 bits per heavy atom. The Morgan fingerprint density at radius 2 is 2.22 bits per heavy atom. The molecule has 0 heterocycles. The third-order valence-corrected chi connectivity index (χ3v) is 2.79. The van der Waals surface area contributed by atoms with Gasteiger partial charge in [-0.25, -0.2) is 9.18 Å². The lowest BCUT2D eigenvalue weighted by Gasteiger charge is -2.14. The fraction of sp³-hybridized carbons (Fsp3) is 0.273. The maximum Gasteiger partial charge on any atom is 0.328 e. The number of nitrogens with one attached hydrogen (secondary N) is 1. The van der Waals surface area contributed by atoms with Crippen molar-refractivity contribution in [3.63, 3.8) is 0 Å². The number of rotatable bonds is 5. The van der Waals surface area contributed by atoms with Crippen LogP contribution in [0.4, 0.5) is 4.39 Å². The van der Waals surface area contributed by atoms with Crippen LogP contribution in [0.1, 0.15) is 10.4 Å². The monoisotopic (exact) mass is 319 g/mol. The molecule has 0 spiro atoms. The number of benzene rings is 1. The third kappa shape index (κ3) is 3.51. The highest BCUT2D eigenvalue weighted by Crippen LogP contribution is 2.19. The molecule has 0 aromatic heterocycles. The first-order valence-corrected chi connectivity index (χ1v) is 5.73. The minimum Gasteiger partial charge on any atom is -0.480 e. The van der Waals surface area contributed by atoms with Crippen molar-refractivity contribution in [3.05, 3.63) is 34.1 Å². The van der Waals surface area contributed by atoms with Crippen LogP contribution in [-0.4, -0.2) is 36.7 Å². The molecular weight excluding hydrogens is 309 g/mol. The van der Waals surface area contributed by atoms with Gasteiger partial charge in [0.05, 0.1) is 12.2 Å². The van der Waals surface area contributed by atoms with Gasteiger partial charge in [-0.3, -0.25) is 4.79 Å². The Bertz CT molecular complexity index is 446. The molecule has 5 nitrogen and oxygen atoms in total. The van der Waals surface area contributed by atoms with Crippen LogP contribution in [0.5, 0.6) is 0 Å². The Morgan fingerprint density at radius 3 is 2.72 bits per heavy atom. The average Bonchev–Trinajstić information content (AvgIpc) is 2.28. The fourth-order valence-corrected chi connectivity index (χ4v) is 1.81. The van der Waals surface area contributed by atoms with Gasteiger partial charge in [0.15, 0.2) is 6.04 Å². The number of aliphatic carboxylic acids is 1. The second kappa shape index (κ2) is 6.46. The summed E-state index contributed by atoms with van der Waals surface area (Å²) in [5.74, 6) is -2.80. The molecule has 1 rings (SSSR count). The normalized spacial score (nSPS) is 11.9. The molecule has 0 aliphatic rings. The molecule has 0 fully saturated rings. The van der Waals surface area contributed by atoms with Crippen LogP contribution in [0.3, 0.4) is 0 Å². The summed E-state index contributed by atoms with van der Waals surface area (Å²) >= 11 is 3.03. The van der Waals surface area contributed by atoms with Crippen LogP contribution in [0, 0.1) is 5.82 Å². The van der Waals surface area contributed by atoms with Crippen molar-refractivity contribution >= 4 is 27.8 Å². The van der Waals surface area contributed by atoms with Crippen molar-refractivity contribution < 1.29 is 23.8 Å². The number of carboxylic acid groups (broad SMARTS) is 1. The Labute approximate surface area is 111 Å². The van der Waals surface area contributed by atoms with E-state index in [1.54, 1.807) is 0 Å². The predicted molar refractivity (Wildman–Crippen MR) is 64.9 cm³/mol. The molecule has 0 radical (unpaired) electrons. The van der Waals surface area contributed by atoms with Gasteiger partial charge in [-0.2, -0.15) is 0 Å². The summed E-state index contributed by atoms with van der Waals surface area (Å²) in [6.45, 7) is -0.201. The number of amides is 1. The van der Waals surface area contributed by atoms with Crippen molar-refractivity contribution in [2.75, 3.05) is 13.7 Å². The summed E-state index contributed by atoms with van der Waals surface area (Å²) in [5.41, 5.74) is -0.236. The molecule has 18 heavy (non-hydrogen) atoms. The number of halogens is 2. The van der Waals surface area contributed by atoms with Crippen molar-refractivity contribution in [1.82, 2.24) is 5.32 Å². The van der Waals surface area contributed by atoms with Gasteiger partial charge in [0, 0.05) is 11.6 Å². The van der Waals surface area contributed by atoms with E-state index in [-0.39, 0.29) is 16.6 Å². The minimum atomic E-state index is -1.25. The van der Waals surface area contributed by atoms with Gasteiger partial charge in [0.1, 0.15) is 5.82 Å². The second-order valence-electron chi connectivity index (χ2n) is 3.42. The van der Waals surface area contributed by atoms with E-state index in [4.69, 9.17) is 5.11 Å². The quantitative estimate of drug-likeness (QED) is 0.860. The van der Waals surface area contributed by atoms with E-state index < -0.39 is 23.7 Å². The first kappa shape index (κ1) is 14.6. The maximum absolute atomic E-state index is 13.5. The summed E-state index contributed by atoms with van der Waals surface area (Å²) in [7, 11) is 1.31. The first-order chi connectivity index (χ1) is 8.47. The lowest BCUT2D eigenvalue weighted by molar-refractivity contribution is -0.140. The molecule has 98 valence electrons. The summed E-state index contributed by atoms with van der Waals surface area (Å²) in [6.07, 6.45) is 0. The molecular formula is C11H11BrFNO4. The van der Waals surface area contributed by atoms with Gasteiger partial charge in [-0.15, -0.1) is 0 Å². The Balaban J connectivity index is 2.90. The lowest BCUT2D eigenvalue weighted by Crippen LogP contribution is -2.44. The van der Waals surface area contributed by atoms with Crippen LogP contribution in [0.25, 0.3) is 0 Å². The number of carboxylic acids is 1. The number of ether oxygens (including phenoxy) is 1. The van der Waals surface area contributed by atoms with Crippen molar-refractivity contribution in [2.24, 2.45) is 0 Å². The summed E-state index contributed by atoms with van der Waals surface area (Å²) < 4.78 is 18.4. The highest BCUT2D eigenvalue weighted by Gasteiger charge is 2.23. The van der Waals surface area contributed by atoms with E-state index in [9.17, 15) is 14.0 Å². The molecule has 0 aliphatic carbocycles. The van der Waals surface area contributed by atoms with Gasteiger partial charge in [0.2, 0.25) is 0 Å². The smallest absolute Gasteiger partial charge is 0.328 e. The van der Waals surface area contributed by atoms with Crippen LogP contribution < -0.4 is 5.32 Å². The van der Waals surface area contributed by atoms with Crippen LogP contribution >= 0.6 is 15.9 Å². The van der Waals surface area contributed by atoms with E-state index in [0.29, 0.717) is 0 Å². The first-order valence-electron chi connectivity index (χ1n) is 4.94. The molecule has 0 aliphatic heterocycles. The zero-order valence-corrected chi connectivity index (χ0v) is 11.0. The maximum atomic E-state index is 13.5. The summed E-state index contributed by atoms with van der Waals surface area (Å²) in [4.78, 5) is 22.6. The van der Waals surface area contributed by atoms with E-state index >= 15 is 0 Å². The van der Waals surface area contributed by atoms with Crippen LogP contribution in [0.2, 0.25) is 0 Å². The summed E-state index contributed by atoms with van der Waals surface area (Å²) in [6, 6.07) is 2.81. The van der Waals surface area contributed by atoms with Gasteiger partial charge < -0.3 is 15.2 Å². The molecule has 2 N–H and O–H groups in total. The number of carbonyl (C=O) groups excluding carboxylic acids is 1. The molecule has 1 unspecified atom stereocenters. The largest absolute Gasteiger partial charge is 0.480 e. The molecule has 7 heteroatoms. The second-order valence-corrected chi connectivity index (χ2v) is 4.27. The van der Waals surface area contributed by atoms with Crippen molar-refractivity contribution in [3.8, 4) is 0 Å². The molecule has 1 amide bonds. The molecule has 1 atom stereocenters. The van der Waals surface area contributed by atoms with Crippen LogP contribution in [-0.2, 0) is 9.53 Å². The van der Waals surface area contributed by atoms with Crippen molar-refractivity contribution in [1.29, 1.82) is 0 Å². The number of hydrogen-bond donors (Lipinski definition) is 2. The topological polar surface area (TPSA) is 75.6 Å². The van der Waals surface area contributed by atoms with E-state index in [1.807, 2.05) is 0 Å². The van der Waals surface area contributed by atoms with Crippen molar-refractivity contribution in [2.45, 2.75) is 6.04 Å². The fourth-order valence-electron chi connectivity index (χ4n) is 1.29. The molecule has 0 bridgehead atoms. The highest BCUT2D eigenvalue weighted by molar-refractivity contribution is 9.10. The van der Waals surface area contributed by atoms with Crippen LogP contribution in [0.15, 0.2) is 22.7 Å². The standard InChI is InChI=1S/C11H11BrFNO4/c1-18-5-8(11(16)17)14-10(15)9-6(12)3-2-4-7(9)13/h2-4,8H,5H2,1H3,(H,14,15)(H,16,17). The van der Waals surface area contributed by atoms with Gasteiger partial charge in [0.25, 0.3) is 5.91 Å². The predicted octanol–water partition coefficient (Wildman–Crippen LogP) is 1.42. The minimum absolute atomic E-state index is 0.201. The molecule has 1 aromatic carbocycles. The SMILES string of the molecule is COCC(NC(=O)c1c(F)cccc1Br)C(=O)O. The van der Waals surface area contributed by atoms with E-state index in [2.05, 4.69) is 26.0 Å². The zero-order chi connectivity index (χ0) is 13.7. The number of hydrogen-bond acceptors (Lipinski definition) is 3. The molecule has 0 saturated carbocycles. The number of methoxy groups -OCH3 is 1. The molecule has 0 saturated heterocycles. The Hall–Kier alpha value is -1.47. The van der Waals surface area contributed by atoms with Gasteiger partial charge in [-0.1, -0.05) is 6.07 Å². The Kier molecular flexibility index (Phi) is 5.24. The van der Waals surface area contributed by atoms with Gasteiger partial charge in [-0.05, 0) is 28.1 Å². The zero-order valence-electron chi connectivity index (χ0n) is 9.44. The average molecular weight is 320 g/mol. The lowest BCUT2D eigenvalue weighted by atomic mass is 10.2. The summed E-state index contributed by atoms with van der Waals surface area (Å²) in [5, 5.41) is 11.0. The highest BCUT2D eigenvalue weighted by atomic mass is 79.9.